The SMILES string of the molecule is Cc1ccc(COC(=O)N2CCC(CNc3cccnn3)C(F)(F)C2)cc1. The number of nitrogens with zero attached hydrogens (tertiary/aromatic N) is 3. The quantitative estimate of drug-likeness (QED) is 0.865. The summed E-state index contributed by atoms with van der Waals surface area (Å²) in [6.07, 6.45) is 0.982. The number of aryl methyl sites for hydroxylation is 1. The maximum Gasteiger partial charge on any atom is 0.410 e. The zero-order chi connectivity index (χ0) is 19.3. The van der Waals surface area contributed by atoms with E-state index in [0.29, 0.717) is 5.82 Å². The van der Waals surface area contributed by atoms with Crippen molar-refractivity contribution in [3.63, 3.8) is 0 Å². The van der Waals surface area contributed by atoms with Gasteiger partial charge in [0.1, 0.15) is 12.4 Å². The van der Waals surface area contributed by atoms with Crippen molar-refractivity contribution >= 4 is 11.9 Å². The summed E-state index contributed by atoms with van der Waals surface area (Å²) >= 11 is 0. The molecule has 1 amide bonds. The highest BCUT2D eigenvalue weighted by Crippen LogP contribution is 2.33. The Labute approximate surface area is 156 Å². The molecular formula is C19H22F2N4O2. The number of piperidine rings is 1. The smallest absolute Gasteiger partial charge is 0.410 e. The Morgan fingerprint density at radius 3 is 2.78 bits per heavy atom. The number of carbonyl (C=O) groups excluding carboxylic acids is 1. The lowest BCUT2D eigenvalue weighted by Gasteiger charge is -2.37. The lowest BCUT2D eigenvalue weighted by Crippen LogP contribution is -2.52. The van der Waals surface area contributed by atoms with E-state index >= 15 is 0 Å². The van der Waals surface area contributed by atoms with Crippen molar-refractivity contribution in [1.29, 1.82) is 0 Å². The molecule has 144 valence electrons. The Kier molecular flexibility index (Phi) is 5.83. The minimum absolute atomic E-state index is 0.0674. The van der Waals surface area contributed by atoms with Gasteiger partial charge in [0.2, 0.25) is 0 Å². The first-order valence-electron chi connectivity index (χ1n) is 8.81. The van der Waals surface area contributed by atoms with Crippen molar-refractivity contribution in [2.24, 2.45) is 5.92 Å². The first-order chi connectivity index (χ1) is 12.9. The zero-order valence-corrected chi connectivity index (χ0v) is 15.1. The minimum atomic E-state index is -3.00. The van der Waals surface area contributed by atoms with Gasteiger partial charge in [-0.3, -0.25) is 0 Å². The number of amides is 1. The third-order valence-corrected chi connectivity index (χ3v) is 4.59. The van der Waals surface area contributed by atoms with E-state index in [4.69, 9.17) is 4.74 Å². The summed E-state index contributed by atoms with van der Waals surface area (Å²) in [4.78, 5) is 13.2. The summed E-state index contributed by atoms with van der Waals surface area (Å²) < 4.78 is 34.1. The van der Waals surface area contributed by atoms with Crippen LogP contribution < -0.4 is 5.32 Å². The van der Waals surface area contributed by atoms with Crippen molar-refractivity contribution in [3.05, 3.63) is 53.7 Å². The van der Waals surface area contributed by atoms with Gasteiger partial charge >= 0.3 is 6.09 Å². The van der Waals surface area contributed by atoms with Crippen LogP contribution in [0.2, 0.25) is 0 Å². The second kappa shape index (κ2) is 8.28. The Morgan fingerprint density at radius 1 is 1.33 bits per heavy atom. The van der Waals surface area contributed by atoms with E-state index in [9.17, 15) is 13.6 Å². The first kappa shape index (κ1) is 19.0. The van der Waals surface area contributed by atoms with E-state index in [0.717, 1.165) is 16.0 Å². The Balaban J connectivity index is 1.49. The second-order valence-electron chi connectivity index (χ2n) is 6.70. The summed E-state index contributed by atoms with van der Waals surface area (Å²) in [6, 6.07) is 10.9. The van der Waals surface area contributed by atoms with Crippen LogP contribution in [0.1, 0.15) is 17.5 Å². The summed E-state index contributed by atoms with van der Waals surface area (Å²) in [5.74, 6) is -3.44. The first-order valence-corrected chi connectivity index (χ1v) is 8.81. The molecule has 0 saturated carbocycles. The van der Waals surface area contributed by atoms with Gasteiger partial charge in [-0.25, -0.2) is 13.6 Å². The molecule has 0 bridgehead atoms. The summed E-state index contributed by atoms with van der Waals surface area (Å²) in [5.41, 5.74) is 1.92. The summed E-state index contributed by atoms with van der Waals surface area (Å²) in [7, 11) is 0. The van der Waals surface area contributed by atoms with Gasteiger partial charge in [0.15, 0.2) is 0 Å². The van der Waals surface area contributed by atoms with Crippen molar-refractivity contribution in [3.8, 4) is 0 Å². The number of anilines is 1. The van der Waals surface area contributed by atoms with Gasteiger partial charge in [-0.1, -0.05) is 29.8 Å². The van der Waals surface area contributed by atoms with Crippen LogP contribution in [0, 0.1) is 12.8 Å². The summed E-state index contributed by atoms with van der Waals surface area (Å²) in [5, 5.41) is 10.4. The van der Waals surface area contributed by atoms with Crippen LogP contribution in [-0.2, 0) is 11.3 Å². The van der Waals surface area contributed by atoms with Gasteiger partial charge in [-0.2, -0.15) is 5.10 Å². The van der Waals surface area contributed by atoms with Gasteiger partial charge in [0.25, 0.3) is 5.92 Å². The number of nitrogens with one attached hydrogen (secondary N) is 1. The fraction of sp³-hybridized carbons (Fsp3) is 0.421. The molecule has 2 heterocycles. The van der Waals surface area contributed by atoms with E-state index in [1.807, 2.05) is 31.2 Å². The van der Waals surface area contributed by atoms with Crippen LogP contribution in [-0.4, -0.2) is 46.7 Å². The molecule has 1 N–H and O–H groups in total. The van der Waals surface area contributed by atoms with E-state index in [2.05, 4.69) is 15.5 Å². The van der Waals surface area contributed by atoms with Gasteiger partial charge in [0, 0.05) is 25.2 Å². The van der Waals surface area contributed by atoms with E-state index in [1.165, 1.54) is 6.20 Å². The number of rotatable bonds is 5. The molecule has 1 fully saturated rings. The fourth-order valence-corrected chi connectivity index (χ4v) is 2.94. The average Bonchev–Trinajstić information content (AvgIpc) is 2.66. The Morgan fingerprint density at radius 2 is 2.11 bits per heavy atom. The fourth-order valence-electron chi connectivity index (χ4n) is 2.94. The predicted molar refractivity (Wildman–Crippen MR) is 96.5 cm³/mol. The number of likely N-dealkylation sites (tertiary alicyclic amines) is 1. The molecule has 0 aliphatic carbocycles. The van der Waals surface area contributed by atoms with E-state index in [1.54, 1.807) is 12.1 Å². The molecule has 6 nitrogen and oxygen atoms in total. The van der Waals surface area contributed by atoms with Gasteiger partial charge in [0.05, 0.1) is 6.54 Å². The minimum Gasteiger partial charge on any atom is -0.445 e. The average molecular weight is 376 g/mol. The van der Waals surface area contributed by atoms with Crippen LogP contribution in [0.5, 0.6) is 0 Å². The van der Waals surface area contributed by atoms with Crippen LogP contribution in [0.25, 0.3) is 0 Å². The Hall–Kier alpha value is -2.77. The largest absolute Gasteiger partial charge is 0.445 e. The number of carbonyl (C=O) groups is 1. The van der Waals surface area contributed by atoms with Gasteiger partial charge in [-0.15, -0.1) is 5.10 Å². The predicted octanol–water partition coefficient (Wildman–Crippen LogP) is 3.49. The second-order valence-corrected chi connectivity index (χ2v) is 6.70. The van der Waals surface area contributed by atoms with Crippen molar-refractivity contribution in [2.45, 2.75) is 25.9 Å². The number of benzene rings is 1. The monoisotopic (exact) mass is 376 g/mol. The number of ether oxygens (including phenoxy) is 1. The number of alkyl halides is 2. The van der Waals surface area contributed by atoms with Crippen LogP contribution in [0.4, 0.5) is 19.4 Å². The molecule has 3 rings (SSSR count). The normalized spacial score (nSPS) is 18.8. The molecule has 1 aromatic heterocycles. The molecule has 2 aromatic rings. The molecular weight excluding hydrogens is 354 g/mol. The molecule has 27 heavy (non-hydrogen) atoms. The molecule has 1 aliphatic heterocycles. The molecule has 1 saturated heterocycles. The van der Waals surface area contributed by atoms with Crippen LogP contribution >= 0.6 is 0 Å². The lowest BCUT2D eigenvalue weighted by molar-refractivity contribution is -0.101. The van der Waals surface area contributed by atoms with Crippen LogP contribution in [0.15, 0.2) is 42.6 Å². The lowest BCUT2D eigenvalue weighted by atomic mass is 9.93. The van der Waals surface area contributed by atoms with Crippen molar-refractivity contribution < 1.29 is 18.3 Å². The highest BCUT2D eigenvalue weighted by molar-refractivity contribution is 5.68. The number of aromatic nitrogens is 2. The molecule has 8 heteroatoms. The molecule has 1 atom stereocenters. The Bertz CT molecular complexity index is 756. The highest BCUT2D eigenvalue weighted by atomic mass is 19.3. The highest BCUT2D eigenvalue weighted by Gasteiger charge is 2.46. The topological polar surface area (TPSA) is 67.3 Å². The van der Waals surface area contributed by atoms with Crippen LogP contribution in [0.3, 0.4) is 0 Å². The maximum atomic E-state index is 14.5. The van der Waals surface area contributed by atoms with Crippen molar-refractivity contribution in [2.75, 3.05) is 25.0 Å². The zero-order valence-electron chi connectivity index (χ0n) is 15.1. The molecule has 0 spiro atoms. The molecule has 1 aromatic carbocycles. The molecule has 1 aliphatic rings. The molecule has 1 unspecified atom stereocenters. The molecule has 0 radical (unpaired) electrons. The standard InChI is InChI=1S/C19H22F2N4O2/c1-14-4-6-15(7-5-14)12-27-18(26)25-10-8-16(19(20,21)13-25)11-22-17-3-2-9-23-24-17/h2-7,9,16H,8,10-13H2,1H3,(H,22,24). The van der Waals surface area contributed by atoms with Crippen molar-refractivity contribution in [1.82, 2.24) is 15.1 Å². The van der Waals surface area contributed by atoms with E-state index in [-0.39, 0.29) is 26.1 Å². The number of hydrogen-bond donors (Lipinski definition) is 1. The number of hydrogen-bond acceptors (Lipinski definition) is 5. The maximum absolute atomic E-state index is 14.5. The third-order valence-electron chi connectivity index (χ3n) is 4.59. The number of halogens is 2. The van der Waals surface area contributed by atoms with Gasteiger partial charge < -0.3 is 15.0 Å². The summed E-state index contributed by atoms with van der Waals surface area (Å²) in [6.45, 7) is 1.68. The van der Waals surface area contributed by atoms with Gasteiger partial charge in [-0.05, 0) is 31.0 Å². The third kappa shape index (κ3) is 5.12. The van der Waals surface area contributed by atoms with E-state index < -0.39 is 24.5 Å².